The average Bonchev–Trinajstić information content (AvgIpc) is 1.96. The maximum atomic E-state index is 11.6. The Hall–Kier alpha value is 0.147. The maximum absolute atomic E-state index is 11.6. The van der Waals surface area contributed by atoms with Gasteiger partial charge in [0.15, 0.2) is 0 Å². The van der Waals surface area contributed by atoms with Crippen molar-refractivity contribution in [3.05, 3.63) is 0 Å². The molecule has 0 unspecified atom stereocenters. The van der Waals surface area contributed by atoms with Gasteiger partial charge in [-0.25, -0.2) is 0 Å². The van der Waals surface area contributed by atoms with E-state index in [1.807, 2.05) is 0 Å². The molecule has 67 valence electrons. The minimum Gasteiger partial charge on any atom is -0.251 e. The Labute approximate surface area is 71.8 Å². The predicted octanol–water partition coefficient (Wildman–Crippen LogP) is 3.66. The molecule has 0 spiro atoms. The van der Waals surface area contributed by atoms with Crippen molar-refractivity contribution in [2.45, 2.75) is 51.2 Å². The summed E-state index contributed by atoms with van der Waals surface area (Å²) in [4.78, 5) is 0. The van der Waals surface area contributed by atoms with E-state index < -0.39 is 0 Å². The largest absolute Gasteiger partial charge is 0.251 e. The van der Waals surface area contributed by atoms with Gasteiger partial charge in [-0.3, -0.25) is 4.39 Å². The molecule has 0 aliphatic rings. The van der Waals surface area contributed by atoms with E-state index in [9.17, 15) is 4.39 Å². The van der Waals surface area contributed by atoms with E-state index in [-0.39, 0.29) is 15.5 Å². The Balaban J connectivity index is 2.80. The lowest BCUT2D eigenvalue weighted by atomic mass is 10.2. The summed E-state index contributed by atoms with van der Waals surface area (Å²) < 4.78 is 11.6. The zero-order chi connectivity index (χ0) is 8.53. The molecule has 2 heteroatoms. The molecule has 0 bridgehead atoms. The first-order valence-electron chi connectivity index (χ1n) is 4.62. The summed E-state index contributed by atoms with van der Waals surface area (Å²) >= 11 is 0. The number of alkyl halides is 1. The fourth-order valence-corrected chi connectivity index (χ4v) is 2.06. The number of halogens is 1. The Bertz CT molecular complexity index is 74.0. The molecule has 0 amide bonds. The molecule has 11 heavy (non-hydrogen) atoms. The highest BCUT2D eigenvalue weighted by Gasteiger charge is 1.95. The molecule has 0 N–H and O–H groups in total. The zero-order valence-corrected chi connectivity index (χ0v) is 8.83. The second-order valence-corrected chi connectivity index (χ2v) is 6.33. The lowest BCUT2D eigenvalue weighted by Gasteiger charge is -2.01. The molecule has 0 saturated carbocycles. The van der Waals surface area contributed by atoms with E-state index in [2.05, 4.69) is 13.1 Å². The molecule has 0 heterocycles. The van der Waals surface area contributed by atoms with Crippen molar-refractivity contribution in [3.8, 4) is 0 Å². The summed E-state index contributed by atoms with van der Waals surface area (Å²) in [6, 6.07) is 1.43. The second kappa shape index (κ2) is 8.25. The zero-order valence-electron chi connectivity index (χ0n) is 7.83. The van der Waals surface area contributed by atoms with Crippen molar-refractivity contribution in [3.63, 3.8) is 0 Å². The second-order valence-electron chi connectivity index (χ2n) is 3.41. The van der Waals surface area contributed by atoms with Gasteiger partial charge in [0.1, 0.15) is 0 Å². The molecule has 0 nitrogen and oxygen atoms in total. The highest BCUT2D eigenvalue weighted by molar-refractivity contribution is 6.55. The number of unbranched alkanes of at least 4 members (excludes halogenated alkanes) is 4. The number of hydrogen-bond acceptors (Lipinski definition) is 0. The SMILES string of the molecule is C[Si](C)CCCCCCCF. The van der Waals surface area contributed by atoms with Gasteiger partial charge in [-0.05, 0) is 6.42 Å². The van der Waals surface area contributed by atoms with E-state index in [1.165, 1.54) is 25.3 Å². The Kier molecular flexibility index (Phi) is 8.36. The van der Waals surface area contributed by atoms with E-state index >= 15 is 0 Å². The predicted molar refractivity (Wildman–Crippen MR) is 51.3 cm³/mol. The Morgan fingerprint density at radius 3 is 2.00 bits per heavy atom. The molecule has 0 rings (SSSR count). The third-order valence-corrected chi connectivity index (χ3v) is 3.16. The minimum absolute atomic E-state index is 0.00122. The van der Waals surface area contributed by atoms with Crippen molar-refractivity contribution >= 4 is 8.80 Å². The van der Waals surface area contributed by atoms with Crippen molar-refractivity contribution in [1.82, 2.24) is 0 Å². The van der Waals surface area contributed by atoms with Gasteiger partial charge in [0.05, 0.1) is 6.67 Å². The van der Waals surface area contributed by atoms with Gasteiger partial charge >= 0.3 is 0 Å². The van der Waals surface area contributed by atoms with Gasteiger partial charge < -0.3 is 0 Å². The molecular weight excluding hydrogens is 155 g/mol. The van der Waals surface area contributed by atoms with Crippen LogP contribution in [0.15, 0.2) is 0 Å². The van der Waals surface area contributed by atoms with Gasteiger partial charge in [-0.15, -0.1) is 0 Å². The van der Waals surface area contributed by atoms with Crippen molar-refractivity contribution in [1.29, 1.82) is 0 Å². The van der Waals surface area contributed by atoms with Crippen LogP contribution in [0.4, 0.5) is 4.39 Å². The first-order valence-corrected chi connectivity index (χ1v) is 7.33. The molecule has 0 aliphatic carbocycles. The average molecular weight is 175 g/mol. The molecule has 0 aromatic rings. The molecule has 0 saturated heterocycles. The van der Waals surface area contributed by atoms with E-state index in [4.69, 9.17) is 0 Å². The molecular formula is C9H20FSi. The summed E-state index contributed by atoms with van der Waals surface area (Å²) in [7, 11) is -0.00122. The van der Waals surface area contributed by atoms with Gasteiger partial charge in [0.2, 0.25) is 0 Å². The van der Waals surface area contributed by atoms with E-state index in [0.29, 0.717) is 0 Å². The Morgan fingerprint density at radius 1 is 0.909 bits per heavy atom. The molecule has 0 aliphatic heterocycles. The molecule has 0 aromatic heterocycles. The quantitative estimate of drug-likeness (QED) is 0.409. The van der Waals surface area contributed by atoms with Crippen LogP contribution in [-0.4, -0.2) is 15.5 Å². The standard InChI is InChI=1S/C9H20FSi/c1-11(2)9-7-5-3-4-6-8-10/h3-9H2,1-2H3. The highest BCUT2D eigenvalue weighted by atomic mass is 28.3. The van der Waals surface area contributed by atoms with Crippen molar-refractivity contribution in [2.75, 3.05) is 6.67 Å². The van der Waals surface area contributed by atoms with Crippen LogP contribution in [0.3, 0.4) is 0 Å². The first-order chi connectivity index (χ1) is 5.27. The van der Waals surface area contributed by atoms with E-state index in [0.717, 1.165) is 12.8 Å². The van der Waals surface area contributed by atoms with Crippen LogP contribution < -0.4 is 0 Å². The lowest BCUT2D eigenvalue weighted by Crippen LogP contribution is -1.97. The van der Waals surface area contributed by atoms with Crippen LogP contribution in [0, 0.1) is 0 Å². The van der Waals surface area contributed by atoms with Crippen LogP contribution in [0.1, 0.15) is 32.1 Å². The van der Waals surface area contributed by atoms with Gasteiger partial charge in [0, 0.05) is 8.80 Å². The normalized spacial score (nSPS) is 10.9. The fraction of sp³-hybridized carbons (Fsp3) is 1.00. The lowest BCUT2D eigenvalue weighted by molar-refractivity contribution is 0.452. The van der Waals surface area contributed by atoms with Gasteiger partial charge in [-0.1, -0.05) is 44.8 Å². The van der Waals surface area contributed by atoms with Gasteiger partial charge in [-0.2, -0.15) is 0 Å². The third-order valence-electron chi connectivity index (χ3n) is 1.81. The van der Waals surface area contributed by atoms with Crippen LogP contribution in [0.25, 0.3) is 0 Å². The topological polar surface area (TPSA) is 0 Å². The third kappa shape index (κ3) is 10.1. The summed E-state index contributed by atoms with van der Waals surface area (Å²) in [5.41, 5.74) is 0. The van der Waals surface area contributed by atoms with Gasteiger partial charge in [0.25, 0.3) is 0 Å². The fourth-order valence-electron chi connectivity index (χ4n) is 1.10. The molecule has 1 radical (unpaired) electrons. The summed E-state index contributed by atoms with van der Waals surface area (Å²) in [5, 5.41) is 0. The van der Waals surface area contributed by atoms with Crippen LogP contribution >= 0.6 is 0 Å². The maximum Gasteiger partial charge on any atom is 0.0894 e. The number of hydrogen-bond donors (Lipinski definition) is 0. The molecule has 0 fully saturated rings. The minimum atomic E-state index is -0.128. The smallest absolute Gasteiger partial charge is 0.0894 e. The summed E-state index contributed by atoms with van der Waals surface area (Å²) in [5.74, 6) is 0. The Morgan fingerprint density at radius 2 is 1.45 bits per heavy atom. The van der Waals surface area contributed by atoms with Crippen LogP contribution in [0.2, 0.25) is 19.1 Å². The van der Waals surface area contributed by atoms with E-state index in [1.54, 1.807) is 0 Å². The van der Waals surface area contributed by atoms with Crippen molar-refractivity contribution < 1.29 is 4.39 Å². The van der Waals surface area contributed by atoms with Crippen molar-refractivity contribution in [2.24, 2.45) is 0 Å². The first kappa shape index (κ1) is 11.1. The highest BCUT2D eigenvalue weighted by Crippen LogP contribution is 2.07. The molecule has 0 aromatic carbocycles. The van der Waals surface area contributed by atoms with Crippen LogP contribution in [-0.2, 0) is 0 Å². The summed E-state index contributed by atoms with van der Waals surface area (Å²) in [6.07, 6.45) is 5.78. The number of rotatable bonds is 7. The van der Waals surface area contributed by atoms with Crippen LogP contribution in [0.5, 0.6) is 0 Å². The molecule has 0 atom stereocenters. The summed E-state index contributed by atoms with van der Waals surface area (Å²) in [6.45, 7) is 4.58. The monoisotopic (exact) mass is 175 g/mol.